The second-order valence-electron chi connectivity index (χ2n) is 7.75. The molecule has 9 nitrogen and oxygen atoms in total. The second-order valence-corrected chi connectivity index (χ2v) is 8.89. The molecule has 0 aliphatic rings. The molecular weight excluding hydrogens is 476 g/mol. The number of benzene rings is 1. The highest BCUT2D eigenvalue weighted by Gasteiger charge is 2.33. The minimum atomic E-state index is -1.08. The highest BCUT2D eigenvalue weighted by atomic mass is 32.1. The highest BCUT2D eigenvalue weighted by Crippen LogP contribution is 2.48. The Bertz CT molecular complexity index is 990. The first-order valence-electron chi connectivity index (χ1n) is 11.3. The summed E-state index contributed by atoms with van der Waals surface area (Å²) in [5, 5.41) is 20.1. The fourth-order valence-corrected chi connectivity index (χ4v) is 5.45. The average molecular weight is 511 g/mol. The molecule has 0 bridgehead atoms. The number of carbonyl (C=O) groups is 2. The summed E-state index contributed by atoms with van der Waals surface area (Å²) in [6.07, 6.45) is 1.74. The molecule has 0 aliphatic heterocycles. The van der Waals surface area contributed by atoms with Crippen LogP contribution in [0.4, 0.5) is 0 Å². The summed E-state index contributed by atoms with van der Waals surface area (Å²) in [4.78, 5) is 26.0. The summed E-state index contributed by atoms with van der Waals surface area (Å²) in [6.45, 7) is 4.31. The first-order chi connectivity index (χ1) is 16.8. The molecule has 2 rings (SSSR count). The third-order valence-corrected chi connectivity index (χ3v) is 6.96. The maximum atomic E-state index is 12.3. The standard InChI is InChI=1S/C25H34O9S/c1-7-9-19-21(34-8-2)22(33-6)23(35-19)16(25(28)29)11-10-15(24(26)27)14-12-17(30-3)20(32-5)18(13-14)31-4/h12-13,15-16H,7-11H2,1-6H3,(H,26,27)(H,28,29). The molecule has 0 aliphatic carbocycles. The van der Waals surface area contributed by atoms with Crippen LogP contribution in [0, 0.1) is 0 Å². The van der Waals surface area contributed by atoms with Crippen molar-refractivity contribution in [1.29, 1.82) is 0 Å². The lowest BCUT2D eigenvalue weighted by Gasteiger charge is -2.19. The second kappa shape index (κ2) is 13.1. The molecule has 2 N–H and O–H groups in total. The van der Waals surface area contributed by atoms with E-state index in [9.17, 15) is 19.8 Å². The lowest BCUT2D eigenvalue weighted by Crippen LogP contribution is -2.17. The maximum Gasteiger partial charge on any atom is 0.311 e. The first-order valence-corrected chi connectivity index (χ1v) is 12.2. The van der Waals surface area contributed by atoms with Crippen LogP contribution in [0.1, 0.15) is 60.3 Å². The van der Waals surface area contributed by atoms with Crippen molar-refractivity contribution in [1.82, 2.24) is 0 Å². The van der Waals surface area contributed by atoms with Crippen molar-refractivity contribution in [2.75, 3.05) is 35.0 Å². The monoisotopic (exact) mass is 510 g/mol. The van der Waals surface area contributed by atoms with Crippen LogP contribution >= 0.6 is 11.3 Å². The topological polar surface area (TPSA) is 121 Å². The van der Waals surface area contributed by atoms with Crippen LogP contribution in [0.5, 0.6) is 28.7 Å². The van der Waals surface area contributed by atoms with Gasteiger partial charge in [-0.2, -0.15) is 0 Å². The molecule has 0 fully saturated rings. The number of hydrogen-bond acceptors (Lipinski definition) is 8. The predicted octanol–water partition coefficient (Wildman–Crippen LogP) is 4.95. The van der Waals surface area contributed by atoms with Crippen molar-refractivity contribution >= 4 is 23.3 Å². The van der Waals surface area contributed by atoms with Crippen LogP contribution in [-0.2, 0) is 16.0 Å². The molecule has 0 amide bonds. The van der Waals surface area contributed by atoms with Gasteiger partial charge in [0.15, 0.2) is 23.0 Å². The van der Waals surface area contributed by atoms with E-state index in [-0.39, 0.29) is 12.8 Å². The van der Waals surface area contributed by atoms with E-state index in [1.807, 2.05) is 13.8 Å². The van der Waals surface area contributed by atoms with E-state index in [1.54, 1.807) is 12.1 Å². The lowest BCUT2D eigenvalue weighted by molar-refractivity contribution is -0.141. The summed E-state index contributed by atoms with van der Waals surface area (Å²) in [5.74, 6) is -2.09. The van der Waals surface area contributed by atoms with Crippen molar-refractivity contribution in [2.24, 2.45) is 0 Å². The number of rotatable bonds is 15. The van der Waals surface area contributed by atoms with E-state index in [0.717, 1.165) is 17.7 Å². The minimum absolute atomic E-state index is 0.0685. The fraction of sp³-hybridized carbons (Fsp3) is 0.520. The van der Waals surface area contributed by atoms with Gasteiger partial charge < -0.3 is 33.9 Å². The van der Waals surface area contributed by atoms with E-state index in [2.05, 4.69) is 0 Å². The third kappa shape index (κ3) is 6.30. The van der Waals surface area contributed by atoms with Crippen molar-refractivity contribution in [3.05, 3.63) is 27.5 Å². The number of methoxy groups -OCH3 is 4. The molecule has 0 saturated carbocycles. The van der Waals surface area contributed by atoms with E-state index >= 15 is 0 Å². The lowest BCUT2D eigenvalue weighted by atomic mass is 9.89. The van der Waals surface area contributed by atoms with E-state index in [0.29, 0.717) is 45.8 Å². The average Bonchev–Trinajstić information content (AvgIpc) is 3.17. The van der Waals surface area contributed by atoms with Gasteiger partial charge in [-0.1, -0.05) is 13.3 Å². The number of aliphatic carboxylic acids is 2. The predicted molar refractivity (Wildman–Crippen MR) is 132 cm³/mol. The Morgan fingerprint density at radius 3 is 1.80 bits per heavy atom. The Morgan fingerprint density at radius 2 is 1.37 bits per heavy atom. The Morgan fingerprint density at radius 1 is 0.829 bits per heavy atom. The number of carboxylic acid groups (broad SMARTS) is 2. The molecule has 0 saturated heterocycles. The minimum Gasteiger partial charge on any atom is -0.493 e. The van der Waals surface area contributed by atoms with Crippen molar-refractivity contribution in [2.45, 2.75) is 51.4 Å². The molecule has 35 heavy (non-hydrogen) atoms. The largest absolute Gasteiger partial charge is 0.493 e. The number of carboxylic acids is 2. The van der Waals surface area contributed by atoms with Gasteiger partial charge in [0, 0.05) is 0 Å². The number of thiophene rings is 1. The molecule has 2 aromatic rings. The van der Waals surface area contributed by atoms with Gasteiger partial charge in [-0.15, -0.1) is 11.3 Å². The third-order valence-electron chi connectivity index (χ3n) is 5.63. The summed E-state index contributed by atoms with van der Waals surface area (Å²) in [5.41, 5.74) is 0.427. The van der Waals surface area contributed by atoms with Crippen molar-refractivity contribution in [3.8, 4) is 28.7 Å². The van der Waals surface area contributed by atoms with Gasteiger partial charge in [0.05, 0.1) is 56.6 Å². The smallest absolute Gasteiger partial charge is 0.311 e. The molecule has 1 aromatic carbocycles. The molecular formula is C25H34O9S. The van der Waals surface area contributed by atoms with Gasteiger partial charge in [-0.25, -0.2) is 0 Å². The fourth-order valence-electron chi connectivity index (χ4n) is 4.00. The Balaban J connectivity index is 2.45. The van der Waals surface area contributed by atoms with Crippen LogP contribution in [0.25, 0.3) is 0 Å². The van der Waals surface area contributed by atoms with E-state index in [1.165, 1.54) is 39.8 Å². The van der Waals surface area contributed by atoms with Crippen molar-refractivity contribution < 1.29 is 43.5 Å². The molecule has 10 heteroatoms. The maximum absolute atomic E-state index is 12.3. The van der Waals surface area contributed by atoms with Gasteiger partial charge in [-0.3, -0.25) is 9.59 Å². The number of hydrogen-bond donors (Lipinski definition) is 2. The van der Waals surface area contributed by atoms with E-state index < -0.39 is 23.8 Å². The van der Waals surface area contributed by atoms with Gasteiger partial charge >= 0.3 is 11.9 Å². The van der Waals surface area contributed by atoms with Crippen LogP contribution < -0.4 is 23.7 Å². The summed E-state index contributed by atoms with van der Waals surface area (Å²) in [6, 6.07) is 3.16. The Labute approximate surface area is 209 Å². The zero-order chi connectivity index (χ0) is 26.1. The number of aryl methyl sites for hydroxylation is 1. The quantitative estimate of drug-likeness (QED) is 0.343. The van der Waals surface area contributed by atoms with Crippen LogP contribution in [0.2, 0.25) is 0 Å². The van der Waals surface area contributed by atoms with Crippen molar-refractivity contribution in [3.63, 3.8) is 0 Å². The van der Waals surface area contributed by atoms with Gasteiger partial charge in [0.2, 0.25) is 5.75 Å². The normalized spacial score (nSPS) is 12.5. The molecule has 2 unspecified atom stereocenters. The zero-order valence-corrected chi connectivity index (χ0v) is 21.8. The Hall–Kier alpha value is -3.14. The Kier molecular flexibility index (Phi) is 10.5. The van der Waals surface area contributed by atoms with Gasteiger partial charge in [-0.05, 0) is 43.9 Å². The summed E-state index contributed by atoms with van der Waals surface area (Å²) >= 11 is 1.35. The zero-order valence-electron chi connectivity index (χ0n) is 21.0. The van der Waals surface area contributed by atoms with Crippen LogP contribution in [0.3, 0.4) is 0 Å². The first kappa shape index (κ1) is 28.1. The van der Waals surface area contributed by atoms with Crippen LogP contribution in [0.15, 0.2) is 12.1 Å². The SMILES string of the molecule is CCCc1sc(C(CCC(C(=O)O)c2cc(OC)c(OC)c(OC)c2)C(=O)O)c(OC)c1OCC. The molecule has 1 heterocycles. The molecule has 0 spiro atoms. The molecule has 1 aromatic heterocycles. The van der Waals surface area contributed by atoms with Gasteiger partial charge in [0.25, 0.3) is 0 Å². The summed E-state index contributed by atoms with van der Waals surface area (Å²) in [7, 11) is 5.84. The van der Waals surface area contributed by atoms with Crippen LogP contribution in [-0.4, -0.2) is 57.2 Å². The van der Waals surface area contributed by atoms with Gasteiger partial charge in [0.1, 0.15) is 0 Å². The van der Waals surface area contributed by atoms with E-state index in [4.69, 9.17) is 23.7 Å². The molecule has 2 atom stereocenters. The molecule has 194 valence electrons. The number of ether oxygens (including phenoxy) is 5. The highest BCUT2D eigenvalue weighted by molar-refractivity contribution is 7.13. The summed E-state index contributed by atoms with van der Waals surface area (Å²) < 4.78 is 27.4. The molecule has 0 radical (unpaired) electrons.